The SMILES string of the molecule is O=C(OCCSc1nnc(C2CC2)n1Cc1ccccc1)c1ccccc1. The van der Waals surface area contributed by atoms with Crippen LogP contribution in [-0.2, 0) is 11.3 Å². The number of rotatable bonds is 8. The number of ether oxygens (including phenoxy) is 1. The zero-order valence-corrected chi connectivity index (χ0v) is 15.8. The fraction of sp³-hybridized carbons (Fsp3) is 0.286. The Labute approximate surface area is 162 Å². The van der Waals surface area contributed by atoms with Crippen molar-refractivity contribution in [3.63, 3.8) is 0 Å². The highest BCUT2D eigenvalue weighted by Gasteiger charge is 2.30. The summed E-state index contributed by atoms with van der Waals surface area (Å²) in [6.45, 7) is 1.11. The molecule has 4 rings (SSSR count). The van der Waals surface area contributed by atoms with E-state index in [1.54, 1.807) is 23.9 Å². The minimum atomic E-state index is -0.291. The van der Waals surface area contributed by atoms with E-state index in [9.17, 15) is 4.79 Å². The maximum Gasteiger partial charge on any atom is 0.338 e. The molecule has 0 atom stereocenters. The number of thioether (sulfide) groups is 1. The molecule has 1 aliphatic rings. The summed E-state index contributed by atoms with van der Waals surface area (Å²) in [6, 6.07) is 19.4. The van der Waals surface area contributed by atoms with Crippen LogP contribution in [0.25, 0.3) is 0 Å². The number of hydrogen-bond acceptors (Lipinski definition) is 5. The standard InChI is InChI=1S/C21H21N3O2S/c25-20(18-9-5-2-6-10-18)26-13-14-27-21-23-22-19(17-11-12-17)24(21)15-16-7-3-1-4-8-16/h1-10,17H,11-15H2. The van der Waals surface area contributed by atoms with Crippen LogP contribution in [0, 0.1) is 0 Å². The van der Waals surface area contributed by atoms with Crippen molar-refractivity contribution in [2.45, 2.75) is 30.5 Å². The lowest BCUT2D eigenvalue weighted by atomic mass is 10.2. The van der Waals surface area contributed by atoms with E-state index in [2.05, 4.69) is 26.9 Å². The molecular formula is C21H21N3O2S. The number of benzene rings is 2. The van der Waals surface area contributed by atoms with Crippen LogP contribution < -0.4 is 0 Å². The molecule has 1 aliphatic carbocycles. The molecule has 0 saturated heterocycles. The van der Waals surface area contributed by atoms with Crippen molar-refractivity contribution in [1.82, 2.24) is 14.8 Å². The largest absolute Gasteiger partial charge is 0.461 e. The summed E-state index contributed by atoms with van der Waals surface area (Å²) >= 11 is 1.58. The number of esters is 1. The second kappa shape index (κ2) is 8.39. The van der Waals surface area contributed by atoms with E-state index in [4.69, 9.17) is 4.74 Å². The molecule has 1 aromatic heterocycles. The van der Waals surface area contributed by atoms with Crippen molar-refractivity contribution in [2.24, 2.45) is 0 Å². The number of carbonyl (C=O) groups is 1. The Morgan fingerprint density at radius 1 is 1.04 bits per heavy atom. The normalized spacial score (nSPS) is 13.5. The van der Waals surface area contributed by atoms with Crippen molar-refractivity contribution in [1.29, 1.82) is 0 Å². The predicted octanol–water partition coefficient (Wildman–Crippen LogP) is 4.15. The molecule has 0 unspecified atom stereocenters. The summed E-state index contributed by atoms with van der Waals surface area (Å²) in [5, 5.41) is 9.69. The van der Waals surface area contributed by atoms with Crippen LogP contribution in [0.2, 0.25) is 0 Å². The Morgan fingerprint density at radius 2 is 1.74 bits per heavy atom. The third-order valence-corrected chi connectivity index (χ3v) is 5.36. The van der Waals surface area contributed by atoms with Gasteiger partial charge in [0, 0.05) is 11.7 Å². The molecule has 0 radical (unpaired) electrons. The van der Waals surface area contributed by atoms with Gasteiger partial charge in [0.2, 0.25) is 0 Å². The number of aromatic nitrogens is 3. The van der Waals surface area contributed by atoms with Gasteiger partial charge in [0.05, 0.1) is 12.1 Å². The van der Waals surface area contributed by atoms with Crippen LogP contribution >= 0.6 is 11.8 Å². The fourth-order valence-electron chi connectivity index (χ4n) is 2.89. The van der Waals surface area contributed by atoms with Gasteiger partial charge in [-0.25, -0.2) is 4.79 Å². The molecule has 2 aromatic carbocycles. The maximum atomic E-state index is 12.0. The van der Waals surface area contributed by atoms with Gasteiger partial charge in [0.1, 0.15) is 12.4 Å². The Kier molecular flexibility index (Phi) is 5.53. The number of nitrogens with zero attached hydrogens (tertiary/aromatic N) is 3. The van der Waals surface area contributed by atoms with Gasteiger partial charge in [-0.2, -0.15) is 0 Å². The van der Waals surface area contributed by atoms with Gasteiger partial charge in [-0.1, -0.05) is 60.3 Å². The monoisotopic (exact) mass is 379 g/mol. The molecule has 1 fully saturated rings. The van der Waals surface area contributed by atoms with Gasteiger partial charge in [-0.05, 0) is 30.5 Å². The highest BCUT2D eigenvalue weighted by Crippen LogP contribution is 2.40. The van der Waals surface area contributed by atoms with Crippen LogP contribution in [0.1, 0.15) is 40.5 Å². The topological polar surface area (TPSA) is 57.0 Å². The maximum absolute atomic E-state index is 12.0. The van der Waals surface area contributed by atoms with Gasteiger partial charge >= 0.3 is 5.97 Å². The Morgan fingerprint density at radius 3 is 2.44 bits per heavy atom. The third kappa shape index (κ3) is 4.57. The third-order valence-electron chi connectivity index (χ3n) is 4.43. The molecule has 0 amide bonds. The Balaban J connectivity index is 1.36. The second-order valence-electron chi connectivity index (χ2n) is 6.54. The van der Waals surface area contributed by atoms with E-state index in [0.717, 1.165) is 17.5 Å². The summed E-state index contributed by atoms with van der Waals surface area (Å²) in [6.07, 6.45) is 2.37. The molecule has 0 N–H and O–H groups in total. The van der Waals surface area contributed by atoms with Gasteiger partial charge in [-0.15, -0.1) is 10.2 Å². The van der Waals surface area contributed by atoms with Gasteiger partial charge in [0.15, 0.2) is 5.16 Å². The fourth-order valence-corrected chi connectivity index (χ4v) is 3.65. The van der Waals surface area contributed by atoms with Crippen LogP contribution in [0.3, 0.4) is 0 Å². The molecule has 1 heterocycles. The van der Waals surface area contributed by atoms with Crippen LogP contribution in [0.5, 0.6) is 0 Å². The summed E-state index contributed by atoms with van der Waals surface area (Å²) in [7, 11) is 0. The van der Waals surface area contributed by atoms with Gasteiger partial charge in [0.25, 0.3) is 0 Å². The summed E-state index contributed by atoms with van der Waals surface area (Å²) in [5.74, 6) is 1.96. The van der Waals surface area contributed by atoms with E-state index in [0.29, 0.717) is 23.8 Å². The van der Waals surface area contributed by atoms with Gasteiger partial charge < -0.3 is 9.30 Å². The summed E-state index contributed by atoms with van der Waals surface area (Å²) in [4.78, 5) is 12.0. The minimum absolute atomic E-state index is 0.291. The lowest BCUT2D eigenvalue weighted by Crippen LogP contribution is -2.09. The Bertz CT molecular complexity index is 892. The average Bonchev–Trinajstić information content (AvgIpc) is 3.49. The molecule has 6 heteroatoms. The molecule has 1 saturated carbocycles. The first kappa shape index (κ1) is 17.8. The highest BCUT2D eigenvalue weighted by molar-refractivity contribution is 7.99. The van der Waals surface area contributed by atoms with Crippen molar-refractivity contribution < 1.29 is 9.53 Å². The zero-order chi connectivity index (χ0) is 18.5. The van der Waals surface area contributed by atoms with E-state index < -0.39 is 0 Å². The second-order valence-corrected chi connectivity index (χ2v) is 7.60. The predicted molar refractivity (Wildman–Crippen MR) is 105 cm³/mol. The van der Waals surface area contributed by atoms with Crippen LogP contribution in [0.15, 0.2) is 65.8 Å². The summed E-state index contributed by atoms with van der Waals surface area (Å²) in [5.41, 5.74) is 1.81. The van der Waals surface area contributed by atoms with E-state index in [-0.39, 0.29) is 5.97 Å². The van der Waals surface area contributed by atoms with Crippen molar-refractivity contribution in [2.75, 3.05) is 12.4 Å². The molecule has 0 aliphatic heterocycles. The van der Waals surface area contributed by atoms with Crippen LogP contribution in [-0.4, -0.2) is 33.1 Å². The van der Waals surface area contributed by atoms with Crippen molar-refractivity contribution in [3.05, 3.63) is 77.6 Å². The molecule has 138 valence electrons. The van der Waals surface area contributed by atoms with E-state index in [1.807, 2.05) is 36.4 Å². The van der Waals surface area contributed by atoms with E-state index >= 15 is 0 Å². The lowest BCUT2D eigenvalue weighted by molar-refractivity contribution is 0.0530. The Hall–Kier alpha value is -2.60. The number of carbonyl (C=O) groups excluding carboxylic acids is 1. The molecule has 3 aromatic rings. The molecule has 5 nitrogen and oxygen atoms in total. The van der Waals surface area contributed by atoms with E-state index in [1.165, 1.54) is 18.4 Å². The summed E-state index contributed by atoms with van der Waals surface area (Å²) < 4.78 is 7.56. The number of hydrogen-bond donors (Lipinski definition) is 0. The zero-order valence-electron chi connectivity index (χ0n) is 15.0. The smallest absolute Gasteiger partial charge is 0.338 e. The average molecular weight is 379 g/mol. The first-order valence-corrected chi connectivity index (χ1v) is 10.1. The van der Waals surface area contributed by atoms with Crippen molar-refractivity contribution >= 4 is 17.7 Å². The lowest BCUT2D eigenvalue weighted by Gasteiger charge is -2.10. The highest BCUT2D eigenvalue weighted by atomic mass is 32.2. The molecule has 0 spiro atoms. The molecule has 27 heavy (non-hydrogen) atoms. The quantitative estimate of drug-likeness (QED) is 0.334. The minimum Gasteiger partial charge on any atom is -0.461 e. The molecular weight excluding hydrogens is 358 g/mol. The first-order chi connectivity index (χ1) is 13.3. The van der Waals surface area contributed by atoms with Crippen molar-refractivity contribution in [3.8, 4) is 0 Å². The molecule has 0 bridgehead atoms. The first-order valence-electron chi connectivity index (χ1n) is 9.13. The van der Waals surface area contributed by atoms with Gasteiger partial charge in [-0.3, -0.25) is 0 Å². The van der Waals surface area contributed by atoms with Crippen LogP contribution in [0.4, 0.5) is 0 Å².